The maximum absolute atomic E-state index is 12.4. The SMILES string of the molecule is O=C(NC(=S)NCc1ccco1)c1ccc(N2CCOCC2)c([N+](=O)[O-])c1. The fourth-order valence-corrected chi connectivity index (χ4v) is 2.85. The van der Waals surface area contributed by atoms with Crippen LogP contribution in [0.2, 0.25) is 0 Å². The summed E-state index contributed by atoms with van der Waals surface area (Å²) in [6.07, 6.45) is 1.54. The Balaban J connectivity index is 1.67. The van der Waals surface area contributed by atoms with Crippen LogP contribution in [-0.4, -0.2) is 42.2 Å². The van der Waals surface area contributed by atoms with Gasteiger partial charge in [0.1, 0.15) is 11.4 Å². The van der Waals surface area contributed by atoms with Gasteiger partial charge in [-0.15, -0.1) is 0 Å². The molecule has 0 atom stereocenters. The van der Waals surface area contributed by atoms with Crippen molar-refractivity contribution in [3.05, 3.63) is 58.0 Å². The quantitative estimate of drug-likeness (QED) is 0.452. The predicted octanol–water partition coefficient (Wildman–Crippen LogP) is 1.83. The summed E-state index contributed by atoms with van der Waals surface area (Å²) in [5, 5.41) is 16.9. The largest absolute Gasteiger partial charge is 0.467 e. The van der Waals surface area contributed by atoms with Gasteiger partial charge in [0.15, 0.2) is 5.11 Å². The molecule has 0 bridgehead atoms. The van der Waals surface area contributed by atoms with Crippen molar-refractivity contribution in [3.8, 4) is 0 Å². The number of nitrogens with zero attached hydrogens (tertiary/aromatic N) is 2. The van der Waals surface area contributed by atoms with Crippen LogP contribution < -0.4 is 15.5 Å². The smallest absolute Gasteiger partial charge is 0.293 e. The van der Waals surface area contributed by atoms with Crippen molar-refractivity contribution in [3.63, 3.8) is 0 Å². The molecule has 2 heterocycles. The molecule has 1 amide bonds. The second kappa shape index (κ2) is 8.60. The Morgan fingerprint density at radius 2 is 2.07 bits per heavy atom. The number of hydrogen-bond donors (Lipinski definition) is 2. The van der Waals surface area contributed by atoms with E-state index in [0.717, 1.165) is 0 Å². The van der Waals surface area contributed by atoms with Crippen molar-refractivity contribution < 1.29 is 18.9 Å². The molecule has 1 aliphatic heterocycles. The number of thiocarbonyl (C=S) groups is 1. The van der Waals surface area contributed by atoms with E-state index < -0.39 is 10.8 Å². The standard InChI is InChI=1S/C17H18N4O5S/c22-16(19-17(27)18-11-13-2-1-7-26-13)12-3-4-14(15(10-12)21(23)24)20-5-8-25-9-6-20/h1-4,7,10H,5-6,8-9,11H2,(H2,18,19,22,27). The molecule has 1 fully saturated rings. The Morgan fingerprint density at radius 1 is 1.30 bits per heavy atom. The molecule has 0 saturated carbocycles. The van der Waals surface area contributed by atoms with E-state index in [1.54, 1.807) is 24.3 Å². The second-order valence-corrected chi connectivity index (χ2v) is 6.18. The van der Waals surface area contributed by atoms with Crippen LogP contribution in [0.4, 0.5) is 11.4 Å². The maximum atomic E-state index is 12.4. The highest BCUT2D eigenvalue weighted by Gasteiger charge is 2.23. The Kier molecular flexibility index (Phi) is 5.99. The molecule has 0 unspecified atom stereocenters. The summed E-state index contributed by atoms with van der Waals surface area (Å²) in [4.78, 5) is 25.2. The van der Waals surface area contributed by atoms with Crippen LogP contribution in [0.5, 0.6) is 0 Å². The molecule has 2 N–H and O–H groups in total. The first kappa shape index (κ1) is 18.8. The first-order valence-corrected chi connectivity index (χ1v) is 8.68. The molecule has 1 aliphatic rings. The fourth-order valence-electron chi connectivity index (χ4n) is 2.68. The average Bonchev–Trinajstić information content (AvgIpc) is 3.20. The molecule has 3 rings (SSSR count). The lowest BCUT2D eigenvalue weighted by Gasteiger charge is -2.28. The number of carbonyl (C=O) groups excluding carboxylic acids is 1. The monoisotopic (exact) mass is 390 g/mol. The first-order chi connectivity index (χ1) is 13.0. The van der Waals surface area contributed by atoms with Crippen molar-refractivity contribution in [1.82, 2.24) is 10.6 Å². The lowest BCUT2D eigenvalue weighted by molar-refractivity contribution is -0.384. The topological polar surface area (TPSA) is 110 Å². The molecule has 1 aromatic carbocycles. The lowest BCUT2D eigenvalue weighted by atomic mass is 10.1. The van der Waals surface area contributed by atoms with Crippen LogP contribution in [0.15, 0.2) is 41.0 Å². The minimum atomic E-state index is -0.524. The third kappa shape index (κ3) is 4.80. The molecule has 10 heteroatoms. The van der Waals surface area contributed by atoms with Crippen molar-refractivity contribution >= 4 is 34.6 Å². The number of morpholine rings is 1. The number of nitro groups is 1. The maximum Gasteiger partial charge on any atom is 0.293 e. The van der Waals surface area contributed by atoms with E-state index in [9.17, 15) is 14.9 Å². The number of nitrogens with one attached hydrogen (secondary N) is 2. The zero-order valence-electron chi connectivity index (χ0n) is 14.3. The van der Waals surface area contributed by atoms with Gasteiger partial charge in [0.2, 0.25) is 0 Å². The highest BCUT2D eigenvalue weighted by Crippen LogP contribution is 2.29. The zero-order chi connectivity index (χ0) is 19.2. The number of ether oxygens (including phenoxy) is 1. The van der Waals surface area contributed by atoms with Crippen LogP contribution in [-0.2, 0) is 11.3 Å². The molecule has 1 saturated heterocycles. The van der Waals surface area contributed by atoms with E-state index in [4.69, 9.17) is 21.4 Å². The van der Waals surface area contributed by atoms with Crippen LogP contribution in [0.3, 0.4) is 0 Å². The third-order valence-corrected chi connectivity index (χ3v) is 4.26. The van der Waals surface area contributed by atoms with Crippen molar-refractivity contribution in [2.24, 2.45) is 0 Å². The van der Waals surface area contributed by atoms with Gasteiger partial charge in [-0.3, -0.25) is 20.2 Å². The first-order valence-electron chi connectivity index (χ1n) is 8.27. The molecular weight excluding hydrogens is 372 g/mol. The number of anilines is 1. The van der Waals surface area contributed by atoms with Crippen LogP contribution >= 0.6 is 12.2 Å². The average molecular weight is 390 g/mol. The Hall–Kier alpha value is -2.98. The van der Waals surface area contributed by atoms with Gasteiger partial charge in [0.05, 0.1) is 30.9 Å². The summed E-state index contributed by atoms with van der Waals surface area (Å²) < 4.78 is 10.4. The number of furan rings is 1. The number of carbonyl (C=O) groups is 1. The number of nitro benzene ring substituents is 1. The van der Waals surface area contributed by atoms with Gasteiger partial charge in [-0.2, -0.15) is 0 Å². The van der Waals surface area contributed by atoms with E-state index in [0.29, 0.717) is 44.3 Å². The Morgan fingerprint density at radius 3 is 2.74 bits per heavy atom. The fraction of sp³-hybridized carbons (Fsp3) is 0.294. The van der Waals surface area contributed by atoms with Crippen molar-refractivity contribution in [2.75, 3.05) is 31.2 Å². The van der Waals surface area contributed by atoms with E-state index >= 15 is 0 Å². The van der Waals surface area contributed by atoms with Gasteiger partial charge in [-0.1, -0.05) is 0 Å². The highest BCUT2D eigenvalue weighted by molar-refractivity contribution is 7.80. The molecule has 0 radical (unpaired) electrons. The normalized spacial score (nSPS) is 13.9. The minimum absolute atomic E-state index is 0.108. The summed E-state index contributed by atoms with van der Waals surface area (Å²) in [5.74, 6) is 0.140. The van der Waals surface area contributed by atoms with Gasteiger partial charge in [-0.25, -0.2) is 0 Å². The summed E-state index contributed by atoms with van der Waals surface area (Å²) >= 11 is 5.08. The molecule has 1 aromatic heterocycles. The molecule has 142 valence electrons. The summed E-state index contributed by atoms with van der Waals surface area (Å²) in [7, 11) is 0. The molecule has 0 aliphatic carbocycles. The highest BCUT2D eigenvalue weighted by atomic mass is 32.1. The van der Waals surface area contributed by atoms with E-state index in [-0.39, 0.29) is 16.4 Å². The number of hydrogen-bond acceptors (Lipinski definition) is 7. The molecular formula is C17H18N4O5S. The van der Waals surface area contributed by atoms with Crippen LogP contribution in [0, 0.1) is 10.1 Å². The Bertz CT molecular complexity index is 834. The summed E-state index contributed by atoms with van der Waals surface area (Å²) in [6, 6.07) is 7.90. The van der Waals surface area contributed by atoms with Crippen molar-refractivity contribution in [2.45, 2.75) is 6.54 Å². The van der Waals surface area contributed by atoms with Gasteiger partial charge in [0, 0.05) is 24.7 Å². The van der Waals surface area contributed by atoms with Crippen LogP contribution in [0.25, 0.3) is 0 Å². The second-order valence-electron chi connectivity index (χ2n) is 5.78. The van der Waals surface area contributed by atoms with E-state index in [1.165, 1.54) is 12.3 Å². The molecule has 2 aromatic rings. The zero-order valence-corrected chi connectivity index (χ0v) is 15.2. The van der Waals surface area contributed by atoms with E-state index in [1.807, 2.05) is 4.90 Å². The Labute approximate surface area is 160 Å². The minimum Gasteiger partial charge on any atom is -0.467 e. The lowest BCUT2D eigenvalue weighted by Crippen LogP contribution is -2.39. The number of benzene rings is 1. The van der Waals surface area contributed by atoms with Gasteiger partial charge in [0.25, 0.3) is 11.6 Å². The van der Waals surface area contributed by atoms with E-state index in [2.05, 4.69) is 10.6 Å². The summed E-state index contributed by atoms with van der Waals surface area (Å²) in [5.41, 5.74) is 0.498. The number of amides is 1. The molecule has 27 heavy (non-hydrogen) atoms. The molecule has 9 nitrogen and oxygen atoms in total. The molecule has 0 spiro atoms. The number of rotatable bonds is 5. The third-order valence-electron chi connectivity index (χ3n) is 4.02. The van der Waals surface area contributed by atoms with Crippen LogP contribution in [0.1, 0.15) is 16.1 Å². The van der Waals surface area contributed by atoms with Gasteiger partial charge >= 0.3 is 0 Å². The van der Waals surface area contributed by atoms with Gasteiger partial charge < -0.3 is 19.4 Å². The van der Waals surface area contributed by atoms with Gasteiger partial charge in [-0.05, 0) is 36.5 Å². The van der Waals surface area contributed by atoms with Crippen molar-refractivity contribution in [1.29, 1.82) is 0 Å². The predicted molar refractivity (Wildman–Crippen MR) is 102 cm³/mol. The summed E-state index contributed by atoms with van der Waals surface area (Å²) in [6.45, 7) is 2.46.